The number of Topliss-reactive ketones (excluding diaryl/α,β-unsaturated/α-hetero) is 1. The van der Waals surface area contributed by atoms with Crippen LogP contribution in [0.3, 0.4) is 0 Å². The first kappa shape index (κ1) is 10.3. The summed E-state index contributed by atoms with van der Waals surface area (Å²) >= 11 is 0. The van der Waals surface area contributed by atoms with Gasteiger partial charge in [-0.15, -0.1) is 0 Å². The van der Waals surface area contributed by atoms with Crippen molar-refractivity contribution in [2.24, 2.45) is 47.3 Å². The molecule has 5 rings (SSSR count). The Labute approximate surface area is 107 Å². The van der Waals surface area contributed by atoms with Crippen molar-refractivity contribution in [1.82, 2.24) is 0 Å². The highest BCUT2D eigenvalue weighted by Gasteiger charge is 2.91. The molecule has 0 aromatic heterocycles. The fourth-order valence-corrected chi connectivity index (χ4v) is 6.89. The largest absolute Gasteiger partial charge is 0.464 e. The maximum atomic E-state index is 12.3. The SMILES string of the molecule is O=C1C2CC3C4C2C2C1CC(C24)C3([N+](=O)[O-])[N+](=O)[O-]. The molecule has 0 radical (unpaired) electrons. The Kier molecular flexibility index (Phi) is 1.37. The standard InChI is InChI=1S/C12H12N2O5/c15-11-3-1-5-9-7(3)8-4(11)2-6(10(8)9)12(5,13(16)17)14(18)19/h3-10H,1-2H2. The molecule has 0 spiro atoms. The number of carbonyl (C=O) groups is 1. The second-order valence-electron chi connectivity index (χ2n) is 6.91. The van der Waals surface area contributed by atoms with Gasteiger partial charge >= 0.3 is 5.66 Å². The van der Waals surface area contributed by atoms with Gasteiger partial charge in [-0.3, -0.25) is 25.0 Å². The molecule has 5 aliphatic rings. The van der Waals surface area contributed by atoms with Crippen LogP contribution in [0.25, 0.3) is 0 Å². The van der Waals surface area contributed by atoms with E-state index in [2.05, 4.69) is 0 Å². The van der Waals surface area contributed by atoms with Gasteiger partial charge in [0.1, 0.15) is 17.6 Å². The zero-order valence-electron chi connectivity index (χ0n) is 9.97. The van der Waals surface area contributed by atoms with Crippen LogP contribution in [0.15, 0.2) is 0 Å². The lowest BCUT2D eigenvalue weighted by molar-refractivity contribution is -0.813. The smallest absolute Gasteiger partial charge is 0.299 e. The maximum Gasteiger partial charge on any atom is 0.464 e. The molecule has 5 fully saturated rings. The van der Waals surface area contributed by atoms with Crippen molar-refractivity contribution < 1.29 is 14.6 Å². The van der Waals surface area contributed by atoms with Crippen molar-refractivity contribution in [1.29, 1.82) is 0 Å². The van der Waals surface area contributed by atoms with E-state index in [0.29, 0.717) is 12.8 Å². The average molecular weight is 264 g/mol. The Balaban J connectivity index is 1.77. The summed E-state index contributed by atoms with van der Waals surface area (Å²) in [5.41, 5.74) is -1.99. The third kappa shape index (κ3) is 0.694. The second-order valence-corrected chi connectivity index (χ2v) is 6.91. The van der Waals surface area contributed by atoms with Gasteiger partial charge in [0.2, 0.25) is 0 Å². The third-order valence-electron chi connectivity index (χ3n) is 7.06. The predicted molar refractivity (Wildman–Crippen MR) is 58.9 cm³/mol. The van der Waals surface area contributed by atoms with Gasteiger partial charge in [-0.05, 0) is 36.5 Å². The van der Waals surface area contributed by atoms with E-state index in [1.807, 2.05) is 0 Å². The number of hydrogen-bond acceptors (Lipinski definition) is 5. The zero-order chi connectivity index (χ0) is 13.3. The highest BCUT2D eigenvalue weighted by Crippen LogP contribution is 2.81. The summed E-state index contributed by atoms with van der Waals surface area (Å²) in [6.45, 7) is 0. The van der Waals surface area contributed by atoms with E-state index >= 15 is 0 Å². The summed E-state index contributed by atoms with van der Waals surface area (Å²) in [4.78, 5) is 34.1. The Morgan fingerprint density at radius 3 is 1.68 bits per heavy atom. The molecule has 8 unspecified atom stereocenters. The van der Waals surface area contributed by atoms with Crippen LogP contribution < -0.4 is 0 Å². The lowest BCUT2D eigenvalue weighted by Gasteiger charge is -2.42. The molecule has 0 heterocycles. The van der Waals surface area contributed by atoms with E-state index in [0.717, 1.165) is 0 Å². The normalized spacial score (nSPS) is 57.4. The topological polar surface area (TPSA) is 103 Å². The van der Waals surface area contributed by atoms with E-state index in [-0.39, 0.29) is 41.3 Å². The van der Waals surface area contributed by atoms with Gasteiger partial charge in [0.15, 0.2) is 0 Å². The molecule has 0 amide bonds. The molecule has 7 heteroatoms. The van der Waals surface area contributed by atoms with Gasteiger partial charge in [-0.25, -0.2) is 0 Å². The molecule has 8 atom stereocenters. The number of rotatable bonds is 2. The Bertz CT molecular complexity index is 526. The molecular weight excluding hydrogens is 252 g/mol. The van der Waals surface area contributed by atoms with Crippen molar-refractivity contribution in [3.8, 4) is 0 Å². The summed E-state index contributed by atoms with van der Waals surface area (Å²) in [5, 5.41) is 23.1. The van der Waals surface area contributed by atoms with Crippen molar-refractivity contribution in [3.63, 3.8) is 0 Å². The van der Waals surface area contributed by atoms with E-state index in [4.69, 9.17) is 0 Å². The number of carbonyl (C=O) groups excluding carboxylic acids is 1. The zero-order valence-corrected chi connectivity index (χ0v) is 9.97. The first-order valence-corrected chi connectivity index (χ1v) is 6.84. The lowest BCUT2D eigenvalue weighted by Crippen LogP contribution is -2.55. The maximum absolute atomic E-state index is 12.3. The van der Waals surface area contributed by atoms with Crippen LogP contribution in [0.5, 0.6) is 0 Å². The third-order valence-corrected chi connectivity index (χ3v) is 7.06. The first-order chi connectivity index (χ1) is 9.01. The van der Waals surface area contributed by atoms with Crippen LogP contribution >= 0.6 is 0 Å². The quantitative estimate of drug-likeness (QED) is 0.412. The number of nitrogens with zero attached hydrogens (tertiary/aromatic N) is 2. The van der Waals surface area contributed by atoms with Gasteiger partial charge in [0, 0.05) is 11.8 Å². The van der Waals surface area contributed by atoms with Crippen LogP contribution in [0.1, 0.15) is 12.8 Å². The van der Waals surface area contributed by atoms with Crippen LogP contribution in [-0.4, -0.2) is 21.3 Å². The minimum atomic E-state index is -1.99. The first-order valence-electron chi connectivity index (χ1n) is 6.84. The number of ketones is 1. The van der Waals surface area contributed by atoms with Gasteiger partial charge in [-0.2, -0.15) is 0 Å². The summed E-state index contributed by atoms with van der Waals surface area (Å²) in [6.07, 6.45) is 0.770. The summed E-state index contributed by atoms with van der Waals surface area (Å²) in [7, 11) is 0. The van der Waals surface area contributed by atoms with Crippen LogP contribution in [-0.2, 0) is 4.79 Å². The Hall–Kier alpha value is -1.53. The van der Waals surface area contributed by atoms with Crippen molar-refractivity contribution >= 4 is 5.78 Å². The summed E-state index contributed by atoms with van der Waals surface area (Å²) in [5.74, 6) is -0.359. The molecule has 0 aliphatic heterocycles. The summed E-state index contributed by atoms with van der Waals surface area (Å²) in [6, 6.07) is 0. The van der Waals surface area contributed by atoms with E-state index in [1.165, 1.54) is 0 Å². The van der Waals surface area contributed by atoms with Crippen LogP contribution in [0.2, 0.25) is 0 Å². The van der Waals surface area contributed by atoms with E-state index in [9.17, 15) is 25.0 Å². The van der Waals surface area contributed by atoms with Crippen molar-refractivity contribution in [3.05, 3.63) is 20.2 Å². The van der Waals surface area contributed by atoms with E-state index in [1.54, 1.807) is 0 Å². The number of nitro groups is 2. The molecule has 0 aromatic carbocycles. The highest BCUT2D eigenvalue weighted by molar-refractivity contribution is 5.89. The highest BCUT2D eigenvalue weighted by atomic mass is 16.7. The monoisotopic (exact) mass is 264 g/mol. The molecule has 0 bridgehead atoms. The molecule has 7 nitrogen and oxygen atoms in total. The molecule has 19 heavy (non-hydrogen) atoms. The van der Waals surface area contributed by atoms with Crippen LogP contribution in [0.4, 0.5) is 0 Å². The van der Waals surface area contributed by atoms with E-state index < -0.39 is 27.3 Å². The average Bonchev–Trinajstić information content (AvgIpc) is 2.86. The molecule has 5 aliphatic carbocycles. The fraction of sp³-hybridized carbons (Fsp3) is 0.917. The molecule has 0 N–H and O–H groups in total. The van der Waals surface area contributed by atoms with Gasteiger partial charge < -0.3 is 0 Å². The fourth-order valence-electron chi connectivity index (χ4n) is 6.89. The minimum Gasteiger partial charge on any atom is -0.299 e. The molecular formula is C12H12N2O5. The molecule has 5 saturated carbocycles. The van der Waals surface area contributed by atoms with Crippen molar-refractivity contribution in [2.75, 3.05) is 0 Å². The minimum absolute atomic E-state index is 0.0762. The van der Waals surface area contributed by atoms with Crippen LogP contribution in [0, 0.1) is 67.6 Å². The summed E-state index contributed by atoms with van der Waals surface area (Å²) < 4.78 is 0. The van der Waals surface area contributed by atoms with Gasteiger partial charge in [0.25, 0.3) is 0 Å². The Morgan fingerprint density at radius 1 is 0.895 bits per heavy atom. The van der Waals surface area contributed by atoms with Gasteiger partial charge in [0.05, 0.1) is 9.85 Å². The predicted octanol–water partition coefficient (Wildman–Crippen LogP) is 0.583. The second kappa shape index (κ2) is 2.53. The molecule has 0 aromatic rings. The lowest BCUT2D eigenvalue weighted by atomic mass is 9.60. The number of hydrogen-bond donors (Lipinski definition) is 0. The van der Waals surface area contributed by atoms with Crippen molar-refractivity contribution in [2.45, 2.75) is 18.5 Å². The Morgan fingerprint density at radius 2 is 1.32 bits per heavy atom. The molecule has 100 valence electrons. The van der Waals surface area contributed by atoms with Gasteiger partial charge in [-0.1, -0.05) is 0 Å². The molecule has 0 saturated heterocycles.